The van der Waals surface area contributed by atoms with Crippen LogP contribution in [0.15, 0.2) is 54.6 Å². The number of rotatable bonds is 7. The van der Waals surface area contributed by atoms with E-state index in [0.717, 1.165) is 5.56 Å². The highest BCUT2D eigenvalue weighted by atomic mass is 16.5. The highest BCUT2D eigenvalue weighted by molar-refractivity contribution is 5.97. The van der Waals surface area contributed by atoms with Gasteiger partial charge in [0.05, 0.1) is 20.1 Å². The van der Waals surface area contributed by atoms with Crippen molar-refractivity contribution < 1.29 is 19.4 Å². The van der Waals surface area contributed by atoms with Crippen LogP contribution in [0, 0.1) is 0 Å². The molecule has 6 nitrogen and oxygen atoms in total. The summed E-state index contributed by atoms with van der Waals surface area (Å²) in [6.07, 6.45) is 0.143. The molecule has 2 aromatic rings. The number of hydrogen-bond donors (Lipinski definition) is 3. The summed E-state index contributed by atoms with van der Waals surface area (Å²) in [5.41, 5.74) is 1.36. The van der Waals surface area contributed by atoms with Crippen LogP contribution in [0.1, 0.15) is 5.56 Å². The van der Waals surface area contributed by atoms with Crippen molar-refractivity contribution in [3.63, 3.8) is 0 Å². The van der Waals surface area contributed by atoms with Crippen molar-refractivity contribution in [3.05, 3.63) is 60.2 Å². The number of aliphatic hydroxyl groups excluding tert-OH is 1. The molecule has 0 bridgehead atoms. The van der Waals surface area contributed by atoms with Gasteiger partial charge in [-0.2, -0.15) is 0 Å². The molecule has 0 saturated carbocycles. The van der Waals surface area contributed by atoms with Crippen molar-refractivity contribution in [2.75, 3.05) is 19.0 Å². The first kappa shape index (κ1) is 17.5. The maximum atomic E-state index is 12.2. The maximum Gasteiger partial charge on any atom is 0.249 e. The summed E-state index contributed by atoms with van der Waals surface area (Å²) in [4.78, 5) is 24.2. The van der Waals surface area contributed by atoms with Crippen LogP contribution in [-0.4, -0.2) is 36.7 Å². The van der Waals surface area contributed by atoms with Crippen molar-refractivity contribution in [1.82, 2.24) is 5.32 Å². The fourth-order valence-corrected chi connectivity index (χ4v) is 2.15. The first-order valence-corrected chi connectivity index (χ1v) is 7.51. The summed E-state index contributed by atoms with van der Waals surface area (Å²) in [5.74, 6) is -0.227. The Labute approximate surface area is 140 Å². The molecule has 2 aromatic carbocycles. The summed E-state index contributed by atoms with van der Waals surface area (Å²) in [7, 11) is 1.53. The van der Waals surface area contributed by atoms with Crippen molar-refractivity contribution in [2.24, 2.45) is 0 Å². The summed E-state index contributed by atoms with van der Waals surface area (Å²) in [6, 6.07) is 15.0. The lowest BCUT2D eigenvalue weighted by atomic mass is 10.1. The second-order valence-corrected chi connectivity index (χ2v) is 5.19. The summed E-state index contributed by atoms with van der Waals surface area (Å²) >= 11 is 0. The number of nitrogens with one attached hydrogen (secondary N) is 2. The fraction of sp³-hybridized carbons (Fsp3) is 0.222. The van der Waals surface area contributed by atoms with Gasteiger partial charge in [0.1, 0.15) is 11.8 Å². The van der Waals surface area contributed by atoms with E-state index in [-0.39, 0.29) is 12.3 Å². The molecule has 0 radical (unpaired) electrons. The van der Waals surface area contributed by atoms with Crippen molar-refractivity contribution in [3.8, 4) is 5.75 Å². The van der Waals surface area contributed by atoms with Crippen molar-refractivity contribution >= 4 is 17.5 Å². The van der Waals surface area contributed by atoms with Gasteiger partial charge in [0, 0.05) is 11.8 Å². The third kappa shape index (κ3) is 5.10. The lowest BCUT2D eigenvalue weighted by Crippen LogP contribution is -2.46. The number of hydrogen-bond acceptors (Lipinski definition) is 4. The molecule has 2 rings (SSSR count). The molecule has 0 aliphatic carbocycles. The topological polar surface area (TPSA) is 87.7 Å². The third-order valence-electron chi connectivity index (χ3n) is 3.38. The van der Waals surface area contributed by atoms with Gasteiger partial charge in [-0.05, 0) is 17.7 Å². The Kier molecular flexibility index (Phi) is 6.33. The summed E-state index contributed by atoms with van der Waals surface area (Å²) in [5, 5.41) is 14.6. The molecule has 1 atom stereocenters. The van der Waals surface area contributed by atoms with E-state index < -0.39 is 18.6 Å². The molecule has 2 amide bonds. The molecule has 0 saturated heterocycles. The molecule has 126 valence electrons. The fourth-order valence-electron chi connectivity index (χ4n) is 2.15. The molecular weight excluding hydrogens is 308 g/mol. The summed E-state index contributed by atoms with van der Waals surface area (Å²) < 4.78 is 5.08. The van der Waals surface area contributed by atoms with Gasteiger partial charge in [-0.1, -0.05) is 36.4 Å². The molecular formula is C18H20N2O4. The number of carbonyl (C=O) groups excluding carboxylic acids is 2. The number of benzene rings is 2. The molecule has 24 heavy (non-hydrogen) atoms. The van der Waals surface area contributed by atoms with Gasteiger partial charge in [0.15, 0.2) is 0 Å². The van der Waals surface area contributed by atoms with Crippen LogP contribution in [-0.2, 0) is 16.0 Å². The lowest BCUT2D eigenvalue weighted by Gasteiger charge is -2.16. The number of methoxy groups -OCH3 is 1. The molecule has 0 aliphatic rings. The SMILES string of the molecule is COc1cccc(NC(=O)C(CO)NC(=O)Cc2ccccc2)c1. The van der Waals surface area contributed by atoms with Crippen LogP contribution in [0.3, 0.4) is 0 Å². The highest BCUT2D eigenvalue weighted by Gasteiger charge is 2.20. The molecule has 3 N–H and O–H groups in total. The first-order chi connectivity index (χ1) is 11.6. The van der Waals surface area contributed by atoms with Crippen LogP contribution in [0.5, 0.6) is 5.75 Å². The van der Waals surface area contributed by atoms with Crippen molar-refractivity contribution in [1.29, 1.82) is 0 Å². The van der Waals surface area contributed by atoms with Crippen molar-refractivity contribution in [2.45, 2.75) is 12.5 Å². The minimum Gasteiger partial charge on any atom is -0.497 e. The van der Waals surface area contributed by atoms with Gasteiger partial charge in [-0.3, -0.25) is 9.59 Å². The zero-order chi connectivity index (χ0) is 17.4. The van der Waals surface area contributed by atoms with E-state index in [4.69, 9.17) is 4.74 Å². The van der Waals surface area contributed by atoms with Gasteiger partial charge in [-0.15, -0.1) is 0 Å². The maximum absolute atomic E-state index is 12.2. The smallest absolute Gasteiger partial charge is 0.249 e. The minimum absolute atomic E-state index is 0.143. The molecule has 0 heterocycles. The first-order valence-electron chi connectivity index (χ1n) is 7.51. The second kappa shape index (κ2) is 8.69. The predicted octanol–water partition coefficient (Wildman–Crippen LogP) is 1.35. The molecule has 0 spiro atoms. The van der Waals surface area contributed by atoms with E-state index in [9.17, 15) is 14.7 Å². The Balaban J connectivity index is 1.94. The highest BCUT2D eigenvalue weighted by Crippen LogP contribution is 2.16. The Morgan fingerprint density at radius 3 is 2.54 bits per heavy atom. The quantitative estimate of drug-likeness (QED) is 0.716. The average Bonchev–Trinajstić information content (AvgIpc) is 2.60. The Morgan fingerprint density at radius 1 is 1.12 bits per heavy atom. The van der Waals surface area contributed by atoms with Crippen LogP contribution in [0.4, 0.5) is 5.69 Å². The molecule has 1 unspecified atom stereocenters. The zero-order valence-corrected chi connectivity index (χ0v) is 13.4. The van der Waals surface area contributed by atoms with E-state index in [1.807, 2.05) is 30.3 Å². The molecule has 0 aromatic heterocycles. The Hall–Kier alpha value is -2.86. The van der Waals surface area contributed by atoms with Gasteiger partial charge in [-0.25, -0.2) is 0 Å². The number of carbonyl (C=O) groups is 2. The standard InChI is InChI=1S/C18H20N2O4/c1-24-15-9-5-8-14(11-15)19-18(23)16(12-21)20-17(22)10-13-6-3-2-4-7-13/h2-9,11,16,21H,10,12H2,1H3,(H,19,23)(H,20,22). The monoisotopic (exact) mass is 328 g/mol. The normalized spacial score (nSPS) is 11.4. The van der Waals surface area contributed by atoms with Crippen LogP contribution < -0.4 is 15.4 Å². The minimum atomic E-state index is -1.02. The lowest BCUT2D eigenvalue weighted by molar-refractivity contribution is -0.126. The number of ether oxygens (including phenoxy) is 1. The van der Waals surface area contributed by atoms with E-state index in [0.29, 0.717) is 11.4 Å². The van der Waals surface area contributed by atoms with E-state index in [1.165, 1.54) is 7.11 Å². The molecule has 6 heteroatoms. The Morgan fingerprint density at radius 2 is 1.88 bits per heavy atom. The number of amides is 2. The van der Waals surface area contributed by atoms with Crippen LogP contribution in [0.25, 0.3) is 0 Å². The van der Waals surface area contributed by atoms with Crippen LogP contribution in [0.2, 0.25) is 0 Å². The Bertz CT molecular complexity index is 688. The number of anilines is 1. The largest absolute Gasteiger partial charge is 0.497 e. The van der Waals surface area contributed by atoms with Gasteiger partial charge < -0.3 is 20.5 Å². The second-order valence-electron chi connectivity index (χ2n) is 5.19. The van der Waals surface area contributed by atoms with E-state index in [1.54, 1.807) is 24.3 Å². The molecule has 0 fully saturated rings. The van der Waals surface area contributed by atoms with Gasteiger partial charge in [0.2, 0.25) is 11.8 Å². The van der Waals surface area contributed by atoms with E-state index in [2.05, 4.69) is 10.6 Å². The summed E-state index contributed by atoms with van der Waals surface area (Å²) in [6.45, 7) is -0.490. The van der Waals surface area contributed by atoms with E-state index >= 15 is 0 Å². The zero-order valence-electron chi connectivity index (χ0n) is 13.4. The number of aliphatic hydroxyl groups is 1. The van der Waals surface area contributed by atoms with Crippen LogP contribution >= 0.6 is 0 Å². The third-order valence-corrected chi connectivity index (χ3v) is 3.38. The van der Waals surface area contributed by atoms with Gasteiger partial charge >= 0.3 is 0 Å². The predicted molar refractivity (Wildman–Crippen MR) is 90.8 cm³/mol. The average molecular weight is 328 g/mol. The molecule has 0 aliphatic heterocycles. The van der Waals surface area contributed by atoms with Gasteiger partial charge in [0.25, 0.3) is 0 Å².